The monoisotopic (exact) mass is 729 g/mol. The number of aliphatic hydroxyl groups is 1. The van der Waals surface area contributed by atoms with Crippen LogP contribution >= 0.6 is 0 Å². The van der Waals surface area contributed by atoms with Crippen molar-refractivity contribution in [1.29, 1.82) is 0 Å². The number of hydrogen-bond acceptors (Lipinski definition) is 10. The molecule has 1 spiro atoms. The van der Waals surface area contributed by atoms with Gasteiger partial charge in [-0.15, -0.1) is 0 Å². The fourth-order valence-electron chi connectivity index (χ4n) is 10.5. The summed E-state index contributed by atoms with van der Waals surface area (Å²) >= 11 is 0. The van der Waals surface area contributed by atoms with E-state index in [-0.39, 0.29) is 47.1 Å². The van der Waals surface area contributed by atoms with Crippen LogP contribution in [-0.2, 0) is 15.9 Å². The molecular formula is C41H49F2N5O5. The van der Waals surface area contributed by atoms with Gasteiger partial charge in [-0.3, -0.25) is 9.88 Å². The van der Waals surface area contributed by atoms with Crippen LogP contribution in [0.1, 0.15) is 70.3 Å². The standard InChI is InChI=1S/C41H49F2N5O5/c1-2-29-32(42)7-6-25-17-27(49)18-30(34(25)29)36-35(43)37-31(21-44-36)38(47-13-16-52-23-28(50)22-47)46-39(45-37)53-24-41-8-3-5-33(41)48(12-4-9-41)26-19-40(20-26)10-14-51-15-11-40/h6-7,17-18,21,26,28,33,49-50H,2-5,8-16,19-20,22-24H2,1H3. The number of phenols is 1. The normalized spacial score (nSPS) is 26.5. The summed E-state index contributed by atoms with van der Waals surface area (Å²) in [5, 5.41) is 22.8. The highest BCUT2D eigenvalue weighted by molar-refractivity contribution is 6.01. The molecule has 0 bridgehead atoms. The number of hydrogen-bond donors (Lipinski definition) is 2. The molecule has 5 heterocycles. The maximum atomic E-state index is 17.1. The third-order valence-electron chi connectivity index (χ3n) is 13.2. The topological polar surface area (TPSA) is 113 Å². The highest BCUT2D eigenvalue weighted by Gasteiger charge is 2.54. The first-order valence-electron chi connectivity index (χ1n) is 19.5. The van der Waals surface area contributed by atoms with Gasteiger partial charge in [0, 0.05) is 55.6 Å². The van der Waals surface area contributed by atoms with Gasteiger partial charge in [-0.1, -0.05) is 19.4 Å². The van der Waals surface area contributed by atoms with Crippen LogP contribution in [0.4, 0.5) is 14.6 Å². The van der Waals surface area contributed by atoms with E-state index in [9.17, 15) is 10.2 Å². The molecule has 2 saturated carbocycles. The van der Waals surface area contributed by atoms with Crippen molar-refractivity contribution in [3.8, 4) is 23.0 Å². The molecule has 4 aromatic rings. The van der Waals surface area contributed by atoms with E-state index in [0.29, 0.717) is 71.2 Å². The second-order valence-electron chi connectivity index (χ2n) is 16.2. The first-order valence-corrected chi connectivity index (χ1v) is 19.5. The van der Waals surface area contributed by atoms with Crippen LogP contribution in [0.25, 0.3) is 32.9 Å². The van der Waals surface area contributed by atoms with Gasteiger partial charge in [0.2, 0.25) is 0 Å². The molecule has 0 radical (unpaired) electrons. The Morgan fingerprint density at radius 3 is 2.66 bits per heavy atom. The summed E-state index contributed by atoms with van der Waals surface area (Å²) in [4.78, 5) is 18.8. The van der Waals surface area contributed by atoms with Crippen molar-refractivity contribution in [3.05, 3.63) is 47.7 Å². The van der Waals surface area contributed by atoms with Gasteiger partial charge in [0.15, 0.2) is 5.82 Å². The molecule has 2 aromatic heterocycles. The molecule has 5 fully saturated rings. The van der Waals surface area contributed by atoms with Crippen LogP contribution in [0.3, 0.4) is 0 Å². The lowest BCUT2D eigenvalue weighted by Gasteiger charge is -2.58. The fourth-order valence-corrected chi connectivity index (χ4v) is 10.5. The van der Waals surface area contributed by atoms with Crippen molar-refractivity contribution in [2.45, 2.75) is 89.3 Å². The number of likely N-dealkylation sites (tertiary alicyclic amines) is 1. The predicted molar refractivity (Wildman–Crippen MR) is 197 cm³/mol. The van der Waals surface area contributed by atoms with Gasteiger partial charge in [-0.25, -0.2) is 8.78 Å². The molecule has 3 aliphatic heterocycles. The molecule has 2 aliphatic carbocycles. The van der Waals surface area contributed by atoms with E-state index in [1.165, 1.54) is 44.0 Å². The zero-order chi connectivity index (χ0) is 36.3. The number of benzene rings is 2. The number of aliphatic hydroxyl groups excluding tert-OH is 1. The maximum Gasteiger partial charge on any atom is 0.319 e. The number of pyridine rings is 1. The molecule has 3 atom stereocenters. The number of phenolic OH excluding ortho intramolecular Hbond substituents is 1. The summed E-state index contributed by atoms with van der Waals surface area (Å²) in [6.07, 6.45) is 11.5. The zero-order valence-electron chi connectivity index (χ0n) is 30.5. The SMILES string of the molecule is CCc1c(F)ccc2cc(O)cc(-c3ncc4c(N5CCOCC(O)C5)nc(OCC56CCCC5N(C5CC7(CCOCC7)C5)CCC6)nc4c3F)c12. The Bertz CT molecular complexity index is 2020. The third kappa shape index (κ3) is 6.19. The summed E-state index contributed by atoms with van der Waals surface area (Å²) in [5.41, 5.74) is 1.09. The molecule has 3 unspecified atom stereocenters. The van der Waals surface area contributed by atoms with Crippen molar-refractivity contribution in [2.24, 2.45) is 10.8 Å². The fraction of sp³-hybridized carbons (Fsp3) is 0.585. The molecule has 3 saturated heterocycles. The lowest BCUT2D eigenvalue weighted by atomic mass is 9.60. The van der Waals surface area contributed by atoms with E-state index >= 15 is 8.78 Å². The number of anilines is 1. The number of fused-ring (bicyclic) bond motifs is 3. The van der Waals surface area contributed by atoms with Crippen LogP contribution in [0.5, 0.6) is 11.8 Å². The molecule has 53 heavy (non-hydrogen) atoms. The molecule has 9 rings (SSSR count). The number of nitrogens with zero attached hydrogens (tertiary/aromatic N) is 5. The number of β-amino-alcohol motifs (C(OH)–C–C–N with tert-alkyl or cyclic N) is 1. The van der Waals surface area contributed by atoms with Crippen LogP contribution in [-0.4, -0.2) is 101 Å². The molecule has 282 valence electrons. The summed E-state index contributed by atoms with van der Waals surface area (Å²) in [5.74, 6) is -0.782. The smallest absolute Gasteiger partial charge is 0.319 e. The summed E-state index contributed by atoms with van der Waals surface area (Å²) in [6, 6.07) is 7.03. The maximum absolute atomic E-state index is 17.1. The summed E-state index contributed by atoms with van der Waals surface area (Å²) in [7, 11) is 0. The van der Waals surface area contributed by atoms with E-state index in [2.05, 4.69) is 9.88 Å². The van der Waals surface area contributed by atoms with Gasteiger partial charge in [-0.05, 0) is 104 Å². The lowest BCUT2D eigenvalue weighted by Crippen LogP contribution is -2.61. The zero-order valence-corrected chi connectivity index (χ0v) is 30.5. The number of ether oxygens (including phenoxy) is 3. The van der Waals surface area contributed by atoms with Crippen molar-refractivity contribution in [1.82, 2.24) is 19.9 Å². The molecule has 5 aliphatic rings. The summed E-state index contributed by atoms with van der Waals surface area (Å²) < 4.78 is 50.1. The van der Waals surface area contributed by atoms with Gasteiger partial charge >= 0.3 is 6.01 Å². The molecule has 2 N–H and O–H groups in total. The predicted octanol–water partition coefficient (Wildman–Crippen LogP) is 6.56. The first-order chi connectivity index (χ1) is 25.8. The summed E-state index contributed by atoms with van der Waals surface area (Å²) in [6.45, 7) is 6.38. The Kier molecular flexibility index (Phi) is 9.15. The van der Waals surface area contributed by atoms with E-state index in [1.807, 2.05) is 11.8 Å². The number of aryl methyl sites for hydroxylation is 1. The minimum atomic E-state index is -0.761. The molecular weight excluding hydrogens is 680 g/mol. The van der Waals surface area contributed by atoms with Crippen LogP contribution in [0, 0.1) is 22.5 Å². The minimum Gasteiger partial charge on any atom is -0.508 e. The van der Waals surface area contributed by atoms with Crippen LogP contribution < -0.4 is 9.64 Å². The van der Waals surface area contributed by atoms with E-state index < -0.39 is 17.7 Å². The average molecular weight is 730 g/mol. The Morgan fingerprint density at radius 1 is 1.00 bits per heavy atom. The van der Waals surface area contributed by atoms with Gasteiger partial charge in [0.1, 0.15) is 28.6 Å². The Balaban J connectivity index is 1.08. The number of piperidine rings is 1. The number of aromatic hydroxyl groups is 1. The van der Waals surface area contributed by atoms with Gasteiger partial charge < -0.3 is 29.3 Å². The number of halogens is 2. The van der Waals surface area contributed by atoms with E-state index in [4.69, 9.17) is 24.2 Å². The largest absolute Gasteiger partial charge is 0.508 e. The highest BCUT2D eigenvalue weighted by Crippen LogP contribution is 2.55. The number of aromatic nitrogens is 3. The van der Waals surface area contributed by atoms with Crippen LogP contribution in [0.15, 0.2) is 30.5 Å². The van der Waals surface area contributed by atoms with Gasteiger partial charge in [0.05, 0.1) is 31.3 Å². The Morgan fingerprint density at radius 2 is 1.83 bits per heavy atom. The van der Waals surface area contributed by atoms with E-state index in [1.54, 1.807) is 12.1 Å². The Hall–Kier alpha value is -3.71. The van der Waals surface area contributed by atoms with E-state index in [0.717, 1.165) is 51.9 Å². The van der Waals surface area contributed by atoms with Crippen LogP contribution in [0.2, 0.25) is 0 Å². The average Bonchev–Trinajstić information content (AvgIpc) is 3.47. The number of rotatable bonds is 7. The van der Waals surface area contributed by atoms with Crippen molar-refractivity contribution >= 4 is 27.5 Å². The molecule has 0 amide bonds. The second kappa shape index (κ2) is 13.9. The quantitative estimate of drug-likeness (QED) is 0.217. The third-order valence-corrected chi connectivity index (χ3v) is 13.2. The van der Waals surface area contributed by atoms with Gasteiger partial charge in [0.25, 0.3) is 0 Å². The second-order valence-corrected chi connectivity index (χ2v) is 16.2. The van der Waals surface area contributed by atoms with Crippen molar-refractivity contribution < 1.29 is 33.2 Å². The van der Waals surface area contributed by atoms with Crippen molar-refractivity contribution in [3.63, 3.8) is 0 Å². The highest BCUT2D eigenvalue weighted by atomic mass is 19.1. The molecule has 10 nitrogen and oxygen atoms in total. The first kappa shape index (κ1) is 35.0. The van der Waals surface area contributed by atoms with Gasteiger partial charge in [-0.2, -0.15) is 9.97 Å². The minimum absolute atomic E-state index is 0.0163. The Labute approximate surface area is 308 Å². The van der Waals surface area contributed by atoms with Crippen molar-refractivity contribution in [2.75, 3.05) is 57.6 Å². The molecule has 2 aromatic carbocycles. The molecule has 12 heteroatoms. The lowest BCUT2D eigenvalue weighted by molar-refractivity contribution is -0.112.